The van der Waals surface area contributed by atoms with Crippen LogP contribution in [0.2, 0.25) is 0 Å². The van der Waals surface area contributed by atoms with Gasteiger partial charge in [0.2, 0.25) is 0 Å². The van der Waals surface area contributed by atoms with Gasteiger partial charge in [0.1, 0.15) is 5.82 Å². The zero-order valence-corrected chi connectivity index (χ0v) is 14.1. The van der Waals surface area contributed by atoms with Gasteiger partial charge < -0.3 is 10.2 Å². The Hall–Kier alpha value is -0.130. The average Bonchev–Trinajstić information content (AvgIpc) is 3.03. The maximum Gasteiger partial charge on any atom is 0.143 e. The van der Waals surface area contributed by atoms with E-state index >= 15 is 0 Å². The quantitative estimate of drug-likeness (QED) is 0.835. The van der Waals surface area contributed by atoms with Gasteiger partial charge in [-0.25, -0.2) is 4.98 Å². The second-order valence-corrected chi connectivity index (χ2v) is 7.37. The molecule has 0 radical (unpaired) electrons. The Kier molecular flexibility index (Phi) is 4.44. The van der Waals surface area contributed by atoms with Crippen LogP contribution in [0.5, 0.6) is 0 Å². The summed E-state index contributed by atoms with van der Waals surface area (Å²) in [6.07, 6.45) is 7.24. The van der Waals surface area contributed by atoms with Crippen molar-refractivity contribution in [2.75, 3.05) is 24.5 Å². The number of nitrogens with one attached hydrogen (secondary N) is 1. The molecule has 1 N–H and O–H groups in total. The second kappa shape index (κ2) is 6.10. The molecular formula is C14H19Br2N3. The molecule has 19 heavy (non-hydrogen) atoms. The first-order valence-corrected chi connectivity index (χ1v) is 8.60. The number of rotatable bonds is 5. The Morgan fingerprint density at radius 2 is 2.11 bits per heavy atom. The molecule has 2 heterocycles. The predicted octanol–water partition coefficient (Wildman–Crippen LogP) is 3.58. The molecule has 1 aromatic rings. The largest absolute Gasteiger partial charge is 0.354 e. The molecule has 0 aromatic carbocycles. The lowest BCUT2D eigenvalue weighted by molar-refractivity contribution is 0.566. The van der Waals surface area contributed by atoms with Gasteiger partial charge >= 0.3 is 0 Å². The molecule has 1 saturated carbocycles. The smallest absolute Gasteiger partial charge is 0.143 e. The topological polar surface area (TPSA) is 28.2 Å². The summed E-state index contributed by atoms with van der Waals surface area (Å²) in [4.78, 5) is 7.06. The van der Waals surface area contributed by atoms with Gasteiger partial charge in [-0.15, -0.1) is 0 Å². The van der Waals surface area contributed by atoms with Crippen LogP contribution in [0.25, 0.3) is 0 Å². The van der Waals surface area contributed by atoms with Crippen molar-refractivity contribution in [1.29, 1.82) is 0 Å². The Morgan fingerprint density at radius 1 is 1.26 bits per heavy atom. The molecule has 0 bridgehead atoms. The summed E-state index contributed by atoms with van der Waals surface area (Å²) in [6, 6.07) is 2.71. The van der Waals surface area contributed by atoms with Crippen molar-refractivity contribution in [3.05, 3.63) is 21.2 Å². The minimum absolute atomic E-state index is 0.621. The van der Waals surface area contributed by atoms with Gasteiger partial charge in [-0.3, -0.25) is 0 Å². The van der Waals surface area contributed by atoms with Crippen LogP contribution in [0.15, 0.2) is 21.2 Å². The monoisotopic (exact) mass is 387 g/mol. The van der Waals surface area contributed by atoms with E-state index in [1.807, 2.05) is 6.20 Å². The van der Waals surface area contributed by atoms with E-state index in [0.29, 0.717) is 6.04 Å². The van der Waals surface area contributed by atoms with Gasteiger partial charge in [0.15, 0.2) is 0 Å². The molecule has 0 amide bonds. The number of anilines is 1. The summed E-state index contributed by atoms with van der Waals surface area (Å²) in [7, 11) is 0. The molecule has 1 saturated heterocycles. The molecule has 104 valence electrons. The highest BCUT2D eigenvalue weighted by Gasteiger charge is 2.28. The maximum atomic E-state index is 4.61. The highest BCUT2D eigenvalue weighted by molar-refractivity contribution is 9.11. The second-order valence-electron chi connectivity index (χ2n) is 5.60. The third-order valence-corrected chi connectivity index (χ3v) is 4.88. The van der Waals surface area contributed by atoms with E-state index in [1.54, 1.807) is 0 Å². The fraction of sp³-hybridized carbons (Fsp3) is 0.643. The molecule has 1 aliphatic heterocycles. The highest BCUT2D eigenvalue weighted by atomic mass is 79.9. The summed E-state index contributed by atoms with van der Waals surface area (Å²) in [5.74, 6) is 1.96. The standard InChI is InChI=1S/C14H19Br2N3/c15-11-6-13(16)14(18-7-11)19(8-10-3-4-10)9-12-2-1-5-17-12/h6-7,10,12,17H,1-5,8-9H2. The summed E-state index contributed by atoms with van der Waals surface area (Å²) in [5, 5.41) is 3.59. The molecule has 1 unspecified atom stereocenters. The molecule has 1 aliphatic carbocycles. The summed E-state index contributed by atoms with van der Waals surface area (Å²) >= 11 is 7.13. The number of aromatic nitrogens is 1. The molecular weight excluding hydrogens is 370 g/mol. The molecule has 2 fully saturated rings. The van der Waals surface area contributed by atoms with Crippen LogP contribution in [0.3, 0.4) is 0 Å². The molecule has 3 rings (SSSR count). The fourth-order valence-corrected chi connectivity index (χ4v) is 3.92. The van der Waals surface area contributed by atoms with E-state index in [1.165, 1.54) is 25.7 Å². The number of nitrogens with zero attached hydrogens (tertiary/aromatic N) is 2. The predicted molar refractivity (Wildman–Crippen MR) is 85.6 cm³/mol. The first-order chi connectivity index (χ1) is 9.22. The lowest BCUT2D eigenvalue weighted by Gasteiger charge is -2.27. The van der Waals surface area contributed by atoms with E-state index in [0.717, 1.165) is 40.3 Å². The van der Waals surface area contributed by atoms with E-state index in [9.17, 15) is 0 Å². The van der Waals surface area contributed by atoms with Gasteiger partial charge in [-0.05, 0) is 76.1 Å². The number of hydrogen-bond donors (Lipinski definition) is 1. The average molecular weight is 389 g/mol. The zero-order valence-electron chi connectivity index (χ0n) is 10.9. The molecule has 0 spiro atoms. The van der Waals surface area contributed by atoms with E-state index < -0.39 is 0 Å². The maximum absolute atomic E-state index is 4.61. The van der Waals surface area contributed by atoms with Crippen molar-refractivity contribution in [1.82, 2.24) is 10.3 Å². The van der Waals surface area contributed by atoms with Crippen LogP contribution >= 0.6 is 31.9 Å². The molecule has 2 aliphatic rings. The van der Waals surface area contributed by atoms with Gasteiger partial charge in [0, 0.05) is 29.8 Å². The third kappa shape index (κ3) is 3.70. The van der Waals surface area contributed by atoms with Crippen molar-refractivity contribution < 1.29 is 0 Å². The Balaban J connectivity index is 1.75. The van der Waals surface area contributed by atoms with Crippen LogP contribution in [0, 0.1) is 5.92 Å². The fourth-order valence-electron chi connectivity index (χ4n) is 2.68. The van der Waals surface area contributed by atoms with Crippen LogP contribution in [0.1, 0.15) is 25.7 Å². The van der Waals surface area contributed by atoms with E-state index in [-0.39, 0.29) is 0 Å². The Morgan fingerprint density at radius 3 is 2.74 bits per heavy atom. The van der Waals surface area contributed by atoms with Crippen LogP contribution in [-0.2, 0) is 0 Å². The molecule has 3 nitrogen and oxygen atoms in total. The minimum atomic E-state index is 0.621. The summed E-state index contributed by atoms with van der Waals surface area (Å²) in [6.45, 7) is 3.38. The molecule has 1 aromatic heterocycles. The van der Waals surface area contributed by atoms with Crippen molar-refractivity contribution >= 4 is 37.7 Å². The lowest BCUT2D eigenvalue weighted by Crippen LogP contribution is -2.39. The first-order valence-electron chi connectivity index (χ1n) is 7.02. The van der Waals surface area contributed by atoms with Gasteiger partial charge in [-0.2, -0.15) is 0 Å². The van der Waals surface area contributed by atoms with Crippen molar-refractivity contribution in [3.63, 3.8) is 0 Å². The molecule has 1 atom stereocenters. The van der Waals surface area contributed by atoms with E-state index in [4.69, 9.17) is 0 Å². The summed E-state index contributed by atoms with van der Waals surface area (Å²) in [5.41, 5.74) is 0. The Labute approximate surface area is 131 Å². The third-order valence-electron chi connectivity index (χ3n) is 3.87. The van der Waals surface area contributed by atoms with Gasteiger partial charge in [0.25, 0.3) is 0 Å². The molecule has 5 heteroatoms. The SMILES string of the molecule is Brc1cnc(N(CC2CC2)CC2CCCN2)c(Br)c1. The van der Waals surface area contributed by atoms with Crippen molar-refractivity contribution in [2.45, 2.75) is 31.7 Å². The van der Waals surface area contributed by atoms with Crippen molar-refractivity contribution in [3.8, 4) is 0 Å². The van der Waals surface area contributed by atoms with Crippen molar-refractivity contribution in [2.24, 2.45) is 5.92 Å². The Bertz CT molecular complexity index is 442. The van der Waals surface area contributed by atoms with Gasteiger partial charge in [0.05, 0.1) is 4.47 Å². The number of halogens is 2. The first kappa shape index (κ1) is 13.8. The van der Waals surface area contributed by atoms with Crippen LogP contribution < -0.4 is 10.2 Å². The number of pyridine rings is 1. The van der Waals surface area contributed by atoms with Crippen LogP contribution in [-0.4, -0.2) is 30.7 Å². The van der Waals surface area contributed by atoms with E-state index in [2.05, 4.69) is 53.1 Å². The zero-order chi connectivity index (χ0) is 13.2. The van der Waals surface area contributed by atoms with Gasteiger partial charge in [-0.1, -0.05) is 0 Å². The lowest BCUT2D eigenvalue weighted by atomic mass is 10.2. The highest BCUT2D eigenvalue weighted by Crippen LogP contribution is 2.34. The van der Waals surface area contributed by atoms with Crippen LogP contribution in [0.4, 0.5) is 5.82 Å². The summed E-state index contributed by atoms with van der Waals surface area (Å²) < 4.78 is 2.11. The number of hydrogen-bond acceptors (Lipinski definition) is 3. The normalized spacial score (nSPS) is 22.7. The minimum Gasteiger partial charge on any atom is -0.354 e.